The van der Waals surface area contributed by atoms with Crippen LogP contribution in [0.2, 0.25) is 0 Å². The monoisotopic (exact) mass is 167 g/mol. The molecule has 0 radical (unpaired) electrons. The maximum atomic E-state index is 4.26. The summed E-state index contributed by atoms with van der Waals surface area (Å²) in [6.07, 6.45) is 5.10. The predicted octanol–water partition coefficient (Wildman–Crippen LogP) is 1.36. The van der Waals surface area contributed by atoms with Gasteiger partial charge >= 0.3 is 0 Å². The third-order valence-electron chi connectivity index (χ3n) is 1.99. The Hall–Kier alpha value is -0.830. The molecule has 1 unspecified atom stereocenters. The quantitative estimate of drug-likeness (QED) is 0.734. The van der Waals surface area contributed by atoms with Gasteiger partial charge in [0.2, 0.25) is 0 Å². The highest BCUT2D eigenvalue weighted by atomic mass is 15.3. The standard InChI is InChI=1S/C9H17N3/c1-8-6-11-12(7-8)9(2)4-5-10-3/h6-7,9-10H,4-5H2,1-3H3. The van der Waals surface area contributed by atoms with Crippen molar-refractivity contribution in [3.8, 4) is 0 Å². The van der Waals surface area contributed by atoms with Gasteiger partial charge in [-0.05, 0) is 39.4 Å². The van der Waals surface area contributed by atoms with Crippen molar-refractivity contribution in [2.45, 2.75) is 26.3 Å². The first-order valence-electron chi connectivity index (χ1n) is 4.39. The van der Waals surface area contributed by atoms with Crippen LogP contribution in [-0.4, -0.2) is 23.4 Å². The Morgan fingerprint density at radius 3 is 2.92 bits per heavy atom. The molecule has 68 valence electrons. The van der Waals surface area contributed by atoms with Gasteiger partial charge in [-0.15, -0.1) is 0 Å². The van der Waals surface area contributed by atoms with E-state index in [9.17, 15) is 0 Å². The highest BCUT2D eigenvalue weighted by Crippen LogP contribution is 2.08. The highest BCUT2D eigenvalue weighted by molar-refractivity contribution is 5.00. The van der Waals surface area contributed by atoms with Crippen LogP contribution < -0.4 is 5.32 Å². The lowest BCUT2D eigenvalue weighted by atomic mass is 10.2. The lowest BCUT2D eigenvalue weighted by molar-refractivity contribution is 0.452. The molecule has 3 heteroatoms. The van der Waals surface area contributed by atoms with E-state index in [1.807, 2.05) is 17.9 Å². The lowest BCUT2D eigenvalue weighted by Gasteiger charge is -2.10. The molecule has 1 atom stereocenters. The van der Waals surface area contributed by atoms with Gasteiger partial charge in [-0.1, -0.05) is 0 Å². The van der Waals surface area contributed by atoms with Gasteiger partial charge in [0.25, 0.3) is 0 Å². The number of hydrogen-bond acceptors (Lipinski definition) is 2. The molecule has 12 heavy (non-hydrogen) atoms. The van der Waals surface area contributed by atoms with E-state index in [0.717, 1.165) is 13.0 Å². The Morgan fingerprint density at radius 2 is 2.42 bits per heavy atom. The van der Waals surface area contributed by atoms with Crippen LogP contribution in [0.5, 0.6) is 0 Å². The molecule has 0 aliphatic heterocycles. The summed E-state index contributed by atoms with van der Waals surface area (Å²) in [6.45, 7) is 5.29. The van der Waals surface area contributed by atoms with Crippen LogP contribution >= 0.6 is 0 Å². The third kappa shape index (κ3) is 2.34. The summed E-state index contributed by atoms with van der Waals surface area (Å²) in [4.78, 5) is 0. The van der Waals surface area contributed by atoms with E-state index in [1.54, 1.807) is 0 Å². The Kier molecular flexibility index (Phi) is 3.29. The van der Waals surface area contributed by atoms with Crippen molar-refractivity contribution in [1.82, 2.24) is 15.1 Å². The maximum absolute atomic E-state index is 4.26. The molecule has 1 rings (SSSR count). The van der Waals surface area contributed by atoms with Crippen LogP contribution in [0.3, 0.4) is 0 Å². The van der Waals surface area contributed by atoms with Gasteiger partial charge in [0, 0.05) is 6.20 Å². The van der Waals surface area contributed by atoms with Gasteiger partial charge in [0.1, 0.15) is 0 Å². The summed E-state index contributed by atoms with van der Waals surface area (Å²) in [5, 5.41) is 7.39. The van der Waals surface area contributed by atoms with E-state index in [2.05, 4.69) is 30.5 Å². The topological polar surface area (TPSA) is 29.9 Å². The van der Waals surface area contributed by atoms with Crippen LogP contribution in [-0.2, 0) is 0 Å². The smallest absolute Gasteiger partial charge is 0.0519 e. The van der Waals surface area contributed by atoms with E-state index < -0.39 is 0 Å². The minimum absolute atomic E-state index is 0.492. The summed E-state index contributed by atoms with van der Waals surface area (Å²) in [7, 11) is 1.97. The van der Waals surface area contributed by atoms with Gasteiger partial charge in [-0.3, -0.25) is 4.68 Å². The molecule has 0 aromatic carbocycles. The van der Waals surface area contributed by atoms with Gasteiger partial charge < -0.3 is 5.32 Å². The number of rotatable bonds is 4. The zero-order valence-corrected chi connectivity index (χ0v) is 8.04. The Bertz CT molecular complexity index is 229. The van der Waals surface area contributed by atoms with Crippen LogP contribution in [0.1, 0.15) is 24.9 Å². The molecule has 3 nitrogen and oxygen atoms in total. The molecule has 0 saturated heterocycles. The SMILES string of the molecule is CNCCC(C)n1cc(C)cn1. The number of nitrogens with one attached hydrogen (secondary N) is 1. The van der Waals surface area contributed by atoms with Crippen molar-refractivity contribution in [3.05, 3.63) is 18.0 Å². The maximum Gasteiger partial charge on any atom is 0.0519 e. The van der Waals surface area contributed by atoms with Crippen LogP contribution in [0.25, 0.3) is 0 Å². The zero-order chi connectivity index (χ0) is 8.97. The molecule has 1 aromatic heterocycles. The second kappa shape index (κ2) is 4.26. The second-order valence-corrected chi connectivity index (χ2v) is 3.24. The van der Waals surface area contributed by atoms with Crippen LogP contribution in [0.15, 0.2) is 12.4 Å². The van der Waals surface area contributed by atoms with E-state index in [-0.39, 0.29) is 0 Å². The molecule has 0 aliphatic rings. The molecule has 0 fully saturated rings. The van der Waals surface area contributed by atoms with Gasteiger partial charge in [-0.2, -0.15) is 5.10 Å². The van der Waals surface area contributed by atoms with Crippen molar-refractivity contribution < 1.29 is 0 Å². The van der Waals surface area contributed by atoms with Gasteiger partial charge in [-0.25, -0.2) is 0 Å². The van der Waals surface area contributed by atoms with E-state index in [1.165, 1.54) is 5.56 Å². The molecule has 0 saturated carbocycles. The van der Waals surface area contributed by atoms with E-state index in [0.29, 0.717) is 6.04 Å². The largest absolute Gasteiger partial charge is 0.320 e. The molecule has 1 heterocycles. The molecule has 0 aliphatic carbocycles. The predicted molar refractivity (Wildman–Crippen MR) is 50.2 cm³/mol. The average molecular weight is 167 g/mol. The number of aryl methyl sites for hydroxylation is 1. The summed E-state index contributed by atoms with van der Waals surface area (Å²) >= 11 is 0. The lowest BCUT2D eigenvalue weighted by Crippen LogP contribution is -2.14. The van der Waals surface area contributed by atoms with Crippen molar-refractivity contribution >= 4 is 0 Å². The Morgan fingerprint density at radius 1 is 1.67 bits per heavy atom. The fourth-order valence-corrected chi connectivity index (χ4v) is 1.16. The molecular weight excluding hydrogens is 150 g/mol. The molecule has 0 amide bonds. The molecule has 0 spiro atoms. The summed E-state index contributed by atoms with van der Waals surface area (Å²) in [5.74, 6) is 0. The minimum atomic E-state index is 0.492. The number of aromatic nitrogens is 2. The van der Waals surface area contributed by atoms with Crippen molar-refractivity contribution in [2.24, 2.45) is 0 Å². The van der Waals surface area contributed by atoms with Crippen molar-refractivity contribution in [1.29, 1.82) is 0 Å². The fourth-order valence-electron chi connectivity index (χ4n) is 1.16. The fraction of sp³-hybridized carbons (Fsp3) is 0.667. The third-order valence-corrected chi connectivity index (χ3v) is 1.99. The second-order valence-electron chi connectivity index (χ2n) is 3.24. The molecular formula is C9H17N3. The van der Waals surface area contributed by atoms with Crippen LogP contribution in [0, 0.1) is 6.92 Å². The van der Waals surface area contributed by atoms with Crippen molar-refractivity contribution in [2.75, 3.05) is 13.6 Å². The Balaban J connectivity index is 2.47. The number of hydrogen-bond donors (Lipinski definition) is 1. The average Bonchev–Trinajstić information content (AvgIpc) is 2.47. The first-order chi connectivity index (χ1) is 5.74. The minimum Gasteiger partial charge on any atom is -0.320 e. The normalized spacial score (nSPS) is 13.2. The van der Waals surface area contributed by atoms with Gasteiger partial charge in [0.05, 0.1) is 12.2 Å². The Labute approximate surface area is 73.8 Å². The zero-order valence-electron chi connectivity index (χ0n) is 8.04. The first kappa shape index (κ1) is 9.26. The number of nitrogens with zero attached hydrogens (tertiary/aromatic N) is 2. The van der Waals surface area contributed by atoms with Gasteiger partial charge in [0.15, 0.2) is 0 Å². The summed E-state index contributed by atoms with van der Waals surface area (Å²) in [5.41, 5.74) is 1.23. The summed E-state index contributed by atoms with van der Waals surface area (Å²) in [6, 6.07) is 0.492. The molecule has 1 N–H and O–H groups in total. The highest BCUT2D eigenvalue weighted by Gasteiger charge is 2.03. The first-order valence-corrected chi connectivity index (χ1v) is 4.39. The summed E-state index contributed by atoms with van der Waals surface area (Å²) < 4.78 is 2.02. The van der Waals surface area contributed by atoms with Crippen molar-refractivity contribution in [3.63, 3.8) is 0 Å². The van der Waals surface area contributed by atoms with E-state index >= 15 is 0 Å². The molecule has 1 aromatic rings. The van der Waals surface area contributed by atoms with E-state index in [4.69, 9.17) is 0 Å². The van der Waals surface area contributed by atoms with Crippen LogP contribution in [0.4, 0.5) is 0 Å². The molecule has 0 bridgehead atoms.